The van der Waals surface area contributed by atoms with Crippen LogP contribution in [0.1, 0.15) is 28.8 Å². The monoisotopic (exact) mass is 402 g/mol. The Morgan fingerprint density at radius 2 is 1.77 bits per heavy atom. The molecule has 154 valence electrons. The number of likely N-dealkylation sites (N-methyl/N-ethyl adjacent to an activating group) is 1. The number of aryl methyl sites for hydroxylation is 1. The Bertz CT molecular complexity index is 1070. The van der Waals surface area contributed by atoms with E-state index in [0.717, 1.165) is 48.1 Å². The molecule has 6 nitrogen and oxygen atoms in total. The first kappa shape index (κ1) is 19.9. The van der Waals surface area contributed by atoms with Gasteiger partial charge in [0.25, 0.3) is 5.91 Å². The highest BCUT2D eigenvalue weighted by Gasteiger charge is 2.25. The number of pyridine rings is 1. The van der Waals surface area contributed by atoms with Gasteiger partial charge in [-0.1, -0.05) is 35.9 Å². The minimum absolute atomic E-state index is 0.0288. The first-order chi connectivity index (χ1) is 14.5. The van der Waals surface area contributed by atoms with E-state index in [1.54, 1.807) is 7.05 Å². The summed E-state index contributed by atoms with van der Waals surface area (Å²) >= 11 is 0. The van der Waals surface area contributed by atoms with Crippen LogP contribution < -0.4 is 10.2 Å². The number of hydrogen-bond acceptors (Lipinski definition) is 4. The van der Waals surface area contributed by atoms with E-state index < -0.39 is 0 Å². The van der Waals surface area contributed by atoms with Crippen LogP contribution in [0.15, 0.2) is 54.6 Å². The van der Waals surface area contributed by atoms with Crippen molar-refractivity contribution in [3.63, 3.8) is 0 Å². The fraction of sp³-hybridized carbons (Fsp3) is 0.292. The quantitative estimate of drug-likeness (QED) is 0.704. The summed E-state index contributed by atoms with van der Waals surface area (Å²) in [5.41, 5.74) is 3.26. The number of aromatic nitrogens is 1. The van der Waals surface area contributed by atoms with E-state index in [4.69, 9.17) is 4.98 Å². The van der Waals surface area contributed by atoms with Gasteiger partial charge in [0.1, 0.15) is 5.82 Å². The van der Waals surface area contributed by atoms with Gasteiger partial charge in [-0.3, -0.25) is 9.59 Å². The average molecular weight is 402 g/mol. The van der Waals surface area contributed by atoms with Gasteiger partial charge >= 0.3 is 0 Å². The van der Waals surface area contributed by atoms with Crippen LogP contribution >= 0.6 is 0 Å². The molecule has 1 aliphatic heterocycles. The number of nitrogens with zero attached hydrogens (tertiary/aromatic N) is 3. The van der Waals surface area contributed by atoms with Crippen molar-refractivity contribution in [2.24, 2.45) is 0 Å². The highest BCUT2D eigenvalue weighted by atomic mass is 16.2. The molecule has 0 spiro atoms. The summed E-state index contributed by atoms with van der Waals surface area (Å²) in [5.74, 6) is 0.280. The standard InChI is InChI=1S/C24H26N4O2/c1-17-9-11-19(12-10-17)25-22(29)16-27(2)24(30)20-15-18-7-3-4-8-21(18)26-23(20)28-13-5-6-14-28/h3-4,7-12,15H,5-6,13-14,16H2,1-2H3,(H,25,29). The second-order valence-electron chi connectivity index (χ2n) is 7.82. The molecule has 1 fully saturated rings. The summed E-state index contributed by atoms with van der Waals surface area (Å²) in [7, 11) is 1.65. The number of anilines is 2. The fourth-order valence-corrected chi connectivity index (χ4v) is 3.76. The lowest BCUT2D eigenvalue weighted by atomic mass is 10.1. The number of benzene rings is 2. The normalized spacial score (nSPS) is 13.5. The lowest BCUT2D eigenvalue weighted by Gasteiger charge is -2.23. The van der Waals surface area contributed by atoms with Gasteiger partial charge in [-0.25, -0.2) is 4.98 Å². The van der Waals surface area contributed by atoms with E-state index >= 15 is 0 Å². The van der Waals surface area contributed by atoms with E-state index in [-0.39, 0.29) is 18.4 Å². The van der Waals surface area contributed by atoms with E-state index in [2.05, 4.69) is 10.2 Å². The van der Waals surface area contributed by atoms with Gasteiger partial charge in [0, 0.05) is 31.2 Å². The summed E-state index contributed by atoms with van der Waals surface area (Å²) in [6.45, 7) is 3.75. The van der Waals surface area contributed by atoms with Gasteiger partial charge in [-0.15, -0.1) is 0 Å². The minimum atomic E-state index is -0.230. The summed E-state index contributed by atoms with van der Waals surface area (Å²) < 4.78 is 0. The molecule has 1 aromatic heterocycles. The number of amides is 2. The molecule has 2 aromatic carbocycles. The predicted molar refractivity (Wildman–Crippen MR) is 120 cm³/mol. The van der Waals surface area contributed by atoms with Crippen molar-refractivity contribution in [1.29, 1.82) is 0 Å². The Morgan fingerprint density at radius 3 is 2.50 bits per heavy atom. The van der Waals surface area contributed by atoms with Crippen LogP contribution in [0.5, 0.6) is 0 Å². The van der Waals surface area contributed by atoms with Crippen LogP contribution in [-0.2, 0) is 4.79 Å². The zero-order valence-corrected chi connectivity index (χ0v) is 17.4. The van der Waals surface area contributed by atoms with Crippen molar-refractivity contribution >= 4 is 34.2 Å². The lowest BCUT2D eigenvalue weighted by molar-refractivity contribution is -0.116. The number of fused-ring (bicyclic) bond motifs is 1. The fourth-order valence-electron chi connectivity index (χ4n) is 3.76. The Labute approximate surface area is 176 Å². The van der Waals surface area contributed by atoms with E-state index in [1.807, 2.05) is 61.5 Å². The van der Waals surface area contributed by atoms with Gasteiger partial charge in [0.15, 0.2) is 0 Å². The molecule has 1 N–H and O–H groups in total. The third-order valence-electron chi connectivity index (χ3n) is 5.40. The summed E-state index contributed by atoms with van der Waals surface area (Å²) in [5, 5.41) is 3.76. The van der Waals surface area contributed by atoms with Crippen LogP contribution in [0, 0.1) is 6.92 Å². The number of carbonyl (C=O) groups is 2. The molecule has 0 saturated carbocycles. The second kappa shape index (κ2) is 8.53. The van der Waals surface area contributed by atoms with E-state index in [0.29, 0.717) is 11.4 Å². The van der Waals surface area contributed by atoms with Crippen molar-refractivity contribution < 1.29 is 9.59 Å². The van der Waals surface area contributed by atoms with Crippen molar-refractivity contribution in [3.05, 3.63) is 65.7 Å². The molecule has 0 bridgehead atoms. The number of nitrogens with one attached hydrogen (secondary N) is 1. The van der Waals surface area contributed by atoms with Gasteiger partial charge < -0.3 is 15.1 Å². The first-order valence-corrected chi connectivity index (χ1v) is 10.3. The Balaban J connectivity index is 1.55. The summed E-state index contributed by atoms with van der Waals surface area (Å²) in [4.78, 5) is 34.2. The van der Waals surface area contributed by atoms with Crippen LogP contribution in [0.2, 0.25) is 0 Å². The lowest BCUT2D eigenvalue weighted by Crippen LogP contribution is -2.36. The molecule has 1 saturated heterocycles. The molecule has 30 heavy (non-hydrogen) atoms. The molecule has 6 heteroatoms. The molecule has 0 atom stereocenters. The zero-order chi connectivity index (χ0) is 21.1. The third-order valence-corrected chi connectivity index (χ3v) is 5.40. The van der Waals surface area contributed by atoms with Crippen molar-refractivity contribution in [3.8, 4) is 0 Å². The van der Waals surface area contributed by atoms with Crippen LogP contribution in [0.4, 0.5) is 11.5 Å². The third kappa shape index (κ3) is 4.27. The molecule has 4 rings (SSSR count). The number of carbonyl (C=O) groups excluding carboxylic acids is 2. The Morgan fingerprint density at radius 1 is 1.07 bits per heavy atom. The molecule has 0 radical (unpaired) electrons. The first-order valence-electron chi connectivity index (χ1n) is 10.3. The average Bonchev–Trinajstić information content (AvgIpc) is 3.28. The van der Waals surface area contributed by atoms with Crippen LogP contribution in [0.3, 0.4) is 0 Å². The SMILES string of the molecule is Cc1ccc(NC(=O)CN(C)C(=O)c2cc3ccccc3nc2N2CCCC2)cc1. The molecule has 0 unspecified atom stereocenters. The van der Waals surface area contributed by atoms with Gasteiger partial charge in [0.2, 0.25) is 5.91 Å². The van der Waals surface area contributed by atoms with Crippen molar-refractivity contribution in [1.82, 2.24) is 9.88 Å². The number of hydrogen-bond donors (Lipinski definition) is 1. The Hall–Kier alpha value is -3.41. The maximum atomic E-state index is 13.3. The predicted octanol–water partition coefficient (Wildman–Crippen LogP) is 3.85. The molecule has 1 aliphatic rings. The van der Waals surface area contributed by atoms with Gasteiger partial charge in [-0.2, -0.15) is 0 Å². The summed E-state index contributed by atoms with van der Waals surface area (Å²) in [6, 6.07) is 17.3. The second-order valence-corrected chi connectivity index (χ2v) is 7.82. The molecule has 2 heterocycles. The smallest absolute Gasteiger partial charge is 0.257 e. The highest BCUT2D eigenvalue weighted by molar-refractivity contribution is 6.04. The van der Waals surface area contributed by atoms with Crippen LogP contribution in [0.25, 0.3) is 10.9 Å². The Kier molecular flexibility index (Phi) is 5.65. The molecule has 0 aliphatic carbocycles. The van der Waals surface area contributed by atoms with E-state index in [9.17, 15) is 9.59 Å². The topological polar surface area (TPSA) is 65.5 Å². The van der Waals surface area contributed by atoms with Gasteiger partial charge in [-0.05, 0) is 44.0 Å². The molecular weight excluding hydrogens is 376 g/mol. The van der Waals surface area contributed by atoms with Gasteiger partial charge in [0.05, 0.1) is 17.6 Å². The minimum Gasteiger partial charge on any atom is -0.356 e. The molecule has 3 aromatic rings. The maximum Gasteiger partial charge on any atom is 0.257 e. The van der Waals surface area contributed by atoms with Crippen LogP contribution in [-0.4, -0.2) is 48.4 Å². The van der Waals surface area contributed by atoms with Crippen molar-refractivity contribution in [2.45, 2.75) is 19.8 Å². The molecular formula is C24H26N4O2. The zero-order valence-electron chi connectivity index (χ0n) is 17.4. The van der Waals surface area contributed by atoms with E-state index in [1.165, 1.54) is 4.90 Å². The highest BCUT2D eigenvalue weighted by Crippen LogP contribution is 2.27. The molecule has 2 amide bonds. The number of para-hydroxylation sites is 1. The van der Waals surface area contributed by atoms with Crippen molar-refractivity contribution in [2.75, 3.05) is 36.9 Å². The number of rotatable bonds is 5. The maximum absolute atomic E-state index is 13.3. The largest absolute Gasteiger partial charge is 0.356 e. The summed E-state index contributed by atoms with van der Waals surface area (Å²) in [6.07, 6.45) is 2.19.